The molecule has 0 radical (unpaired) electrons. The van der Waals surface area contributed by atoms with Gasteiger partial charge in [-0.2, -0.15) is 0 Å². The van der Waals surface area contributed by atoms with Gasteiger partial charge in [0.25, 0.3) is 0 Å². The molecular weight excluding hydrogens is 214 g/mol. The van der Waals surface area contributed by atoms with Crippen molar-refractivity contribution in [3.63, 3.8) is 0 Å². The molecule has 0 bridgehead atoms. The minimum atomic E-state index is -0.593. The molecule has 6 nitrogen and oxygen atoms in total. The average Bonchev–Trinajstić information content (AvgIpc) is 2.44. The van der Waals surface area contributed by atoms with Gasteiger partial charge < -0.3 is 14.6 Å². The zero-order chi connectivity index (χ0) is 12.3. The Balaban J connectivity index is 2.43. The molecule has 1 aliphatic rings. The van der Waals surface area contributed by atoms with Gasteiger partial charge in [0.2, 0.25) is 0 Å². The van der Waals surface area contributed by atoms with Crippen LogP contribution < -0.4 is 0 Å². The maximum absolute atomic E-state index is 11.4. The predicted molar refractivity (Wildman–Crippen MR) is 54.8 cm³/mol. The normalized spacial score (nSPS) is 20.9. The lowest BCUT2D eigenvalue weighted by Gasteiger charge is -2.21. The van der Waals surface area contributed by atoms with Crippen molar-refractivity contribution in [3.05, 3.63) is 0 Å². The van der Waals surface area contributed by atoms with Gasteiger partial charge in [-0.3, -0.25) is 9.69 Å². The maximum Gasteiger partial charge on any atom is 0.410 e. The quantitative estimate of drug-likeness (QED) is 0.699. The van der Waals surface area contributed by atoms with Gasteiger partial charge >= 0.3 is 12.1 Å². The molecule has 1 fully saturated rings. The van der Waals surface area contributed by atoms with Crippen molar-refractivity contribution in [3.8, 4) is 0 Å². The first-order valence-electron chi connectivity index (χ1n) is 5.10. The molecule has 1 amide bonds. The highest BCUT2D eigenvalue weighted by molar-refractivity contribution is 5.79. The zero-order valence-electron chi connectivity index (χ0n) is 9.73. The summed E-state index contributed by atoms with van der Waals surface area (Å²) in [4.78, 5) is 23.9. The molecule has 0 spiro atoms. The lowest BCUT2D eigenvalue weighted by atomic mass is 10.2. The minimum Gasteiger partial charge on any atom is -0.459 e. The molecule has 0 aliphatic carbocycles. The summed E-state index contributed by atoms with van der Waals surface area (Å²) in [6.07, 6.45) is -1.14. The van der Waals surface area contributed by atoms with Crippen molar-refractivity contribution < 1.29 is 24.2 Å². The first kappa shape index (κ1) is 12.8. The van der Waals surface area contributed by atoms with Gasteiger partial charge in [-0.25, -0.2) is 4.79 Å². The fraction of sp³-hybridized carbons (Fsp3) is 0.800. The molecule has 0 aromatic rings. The SMILES string of the molecule is CC(C)(C)OC(=O)CN1C[C@@H](CO)OC1=O. The zero-order valence-corrected chi connectivity index (χ0v) is 9.73. The number of esters is 1. The summed E-state index contributed by atoms with van der Waals surface area (Å²) >= 11 is 0. The largest absolute Gasteiger partial charge is 0.459 e. The van der Waals surface area contributed by atoms with Crippen molar-refractivity contribution in [2.45, 2.75) is 32.5 Å². The summed E-state index contributed by atoms with van der Waals surface area (Å²) in [5.74, 6) is -0.483. The number of cyclic esters (lactones) is 1. The first-order valence-corrected chi connectivity index (χ1v) is 5.10. The Morgan fingerprint density at radius 3 is 2.69 bits per heavy atom. The Hall–Kier alpha value is -1.30. The number of amides is 1. The molecule has 16 heavy (non-hydrogen) atoms. The molecule has 1 N–H and O–H groups in total. The average molecular weight is 231 g/mol. The summed E-state index contributed by atoms with van der Waals surface area (Å²) in [5.41, 5.74) is -0.572. The topological polar surface area (TPSA) is 76.1 Å². The van der Waals surface area contributed by atoms with Crippen molar-refractivity contribution in [1.29, 1.82) is 0 Å². The Morgan fingerprint density at radius 1 is 1.62 bits per heavy atom. The number of aliphatic hydroxyl groups is 1. The van der Waals surface area contributed by atoms with Crippen molar-refractivity contribution in [1.82, 2.24) is 4.90 Å². The number of rotatable bonds is 3. The molecule has 92 valence electrons. The van der Waals surface area contributed by atoms with Crippen molar-refractivity contribution >= 4 is 12.1 Å². The van der Waals surface area contributed by atoms with E-state index >= 15 is 0 Å². The number of hydrogen-bond acceptors (Lipinski definition) is 5. The summed E-state index contributed by atoms with van der Waals surface area (Å²) in [5, 5.41) is 8.80. The van der Waals surface area contributed by atoms with Gasteiger partial charge in [-0.05, 0) is 20.8 Å². The fourth-order valence-electron chi connectivity index (χ4n) is 1.33. The lowest BCUT2D eigenvalue weighted by molar-refractivity contribution is -0.155. The van der Waals surface area contributed by atoms with E-state index in [1.165, 1.54) is 4.90 Å². The monoisotopic (exact) mass is 231 g/mol. The number of carbonyl (C=O) groups excluding carboxylic acids is 2. The van der Waals surface area contributed by atoms with E-state index < -0.39 is 23.8 Å². The van der Waals surface area contributed by atoms with Crippen LogP contribution >= 0.6 is 0 Å². The van der Waals surface area contributed by atoms with Gasteiger partial charge in [0.15, 0.2) is 0 Å². The maximum atomic E-state index is 11.4. The van der Waals surface area contributed by atoms with E-state index in [0.29, 0.717) is 0 Å². The van der Waals surface area contributed by atoms with Crippen LogP contribution in [0.5, 0.6) is 0 Å². The molecule has 0 aromatic heterocycles. The number of carbonyl (C=O) groups is 2. The fourth-order valence-corrected chi connectivity index (χ4v) is 1.33. The molecule has 1 atom stereocenters. The molecule has 0 saturated carbocycles. The van der Waals surface area contributed by atoms with E-state index in [1.54, 1.807) is 20.8 Å². The Kier molecular flexibility index (Phi) is 3.74. The van der Waals surface area contributed by atoms with Crippen LogP contribution in [0.1, 0.15) is 20.8 Å². The molecule has 1 heterocycles. The van der Waals surface area contributed by atoms with Gasteiger partial charge in [-0.15, -0.1) is 0 Å². The highest BCUT2D eigenvalue weighted by atomic mass is 16.6. The van der Waals surface area contributed by atoms with Crippen LogP contribution in [0.25, 0.3) is 0 Å². The van der Waals surface area contributed by atoms with E-state index in [2.05, 4.69) is 0 Å². The standard InChI is InChI=1S/C10H17NO5/c1-10(2,3)16-8(13)5-11-4-7(6-12)15-9(11)14/h7,12H,4-6H2,1-3H3/t7-/m0/s1. The van der Waals surface area contributed by atoms with Crippen LogP contribution in [-0.4, -0.2) is 53.5 Å². The van der Waals surface area contributed by atoms with Crippen LogP contribution in [0.2, 0.25) is 0 Å². The highest BCUT2D eigenvalue weighted by Crippen LogP contribution is 2.12. The number of ether oxygens (including phenoxy) is 2. The third kappa shape index (κ3) is 3.69. The van der Waals surface area contributed by atoms with Crippen molar-refractivity contribution in [2.24, 2.45) is 0 Å². The van der Waals surface area contributed by atoms with Crippen LogP contribution in [0, 0.1) is 0 Å². The number of aliphatic hydroxyl groups excluding tert-OH is 1. The summed E-state index contributed by atoms with van der Waals surface area (Å²) < 4.78 is 9.85. The Bertz CT molecular complexity index is 283. The molecule has 1 aliphatic heterocycles. The van der Waals surface area contributed by atoms with Gasteiger partial charge in [-0.1, -0.05) is 0 Å². The second-order valence-electron chi connectivity index (χ2n) is 4.66. The van der Waals surface area contributed by atoms with Gasteiger partial charge in [0, 0.05) is 0 Å². The number of nitrogens with zero attached hydrogens (tertiary/aromatic N) is 1. The number of hydrogen-bond donors (Lipinski definition) is 1. The summed E-state index contributed by atoms with van der Waals surface area (Å²) in [6, 6.07) is 0. The van der Waals surface area contributed by atoms with Crippen LogP contribution in [0.4, 0.5) is 4.79 Å². The Labute approximate surface area is 94.1 Å². The summed E-state index contributed by atoms with van der Waals surface area (Å²) in [7, 11) is 0. The molecular formula is C10H17NO5. The highest BCUT2D eigenvalue weighted by Gasteiger charge is 2.33. The van der Waals surface area contributed by atoms with Crippen molar-refractivity contribution in [2.75, 3.05) is 19.7 Å². The van der Waals surface area contributed by atoms with E-state index in [1.807, 2.05) is 0 Å². The van der Waals surface area contributed by atoms with Gasteiger partial charge in [0.05, 0.1) is 13.2 Å². The molecule has 0 aromatic carbocycles. The van der Waals surface area contributed by atoms with E-state index in [4.69, 9.17) is 14.6 Å². The molecule has 1 rings (SSSR count). The first-order chi connectivity index (χ1) is 7.31. The predicted octanol–water partition coefficient (Wildman–Crippen LogP) is 0.141. The van der Waals surface area contributed by atoms with Gasteiger partial charge in [0.1, 0.15) is 18.2 Å². The summed E-state index contributed by atoms with van der Waals surface area (Å²) in [6.45, 7) is 5.09. The van der Waals surface area contributed by atoms with E-state index in [-0.39, 0.29) is 19.7 Å². The second kappa shape index (κ2) is 4.69. The molecule has 6 heteroatoms. The smallest absolute Gasteiger partial charge is 0.410 e. The third-order valence-corrected chi connectivity index (χ3v) is 1.89. The molecule has 1 saturated heterocycles. The van der Waals surface area contributed by atoms with E-state index in [0.717, 1.165) is 0 Å². The lowest BCUT2D eigenvalue weighted by Crippen LogP contribution is -2.36. The van der Waals surface area contributed by atoms with Crippen LogP contribution in [0.15, 0.2) is 0 Å². The van der Waals surface area contributed by atoms with Crippen LogP contribution in [-0.2, 0) is 14.3 Å². The minimum absolute atomic E-state index is 0.146. The van der Waals surface area contributed by atoms with Crippen LogP contribution in [0.3, 0.4) is 0 Å². The second-order valence-corrected chi connectivity index (χ2v) is 4.66. The molecule has 0 unspecified atom stereocenters. The van der Waals surface area contributed by atoms with E-state index in [9.17, 15) is 9.59 Å². The third-order valence-electron chi connectivity index (χ3n) is 1.89. The Morgan fingerprint density at radius 2 is 2.25 bits per heavy atom.